The molecule has 0 saturated carbocycles. The number of hydrogen-bond acceptors (Lipinski definition) is 3. The van der Waals surface area contributed by atoms with Gasteiger partial charge < -0.3 is 14.4 Å². The van der Waals surface area contributed by atoms with Crippen LogP contribution < -0.4 is 4.90 Å². The minimum absolute atomic E-state index is 0.0354. The third kappa shape index (κ3) is 4.26. The van der Waals surface area contributed by atoms with Gasteiger partial charge in [0.1, 0.15) is 18.5 Å². The molecule has 4 heteroatoms. The predicted octanol–water partition coefficient (Wildman–Crippen LogP) is 5.60. The molecule has 4 rings (SSSR count). The van der Waals surface area contributed by atoms with Crippen LogP contribution in [-0.4, -0.2) is 24.8 Å². The molecule has 1 aliphatic heterocycles. The zero-order valence-corrected chi connectivity index (χ0v) is 18.6. The number of carbonyl (C=O) groups is 2. The van der Waals surface area contributed by atoms with Crippen LogP contribution >= 0.6 is 0 Å². The Hall–Kier alpha value is -2.98. The predicted molar refractivity (Wildman–Crippen MR) is 124 cm³/mol. The average Bonchev–Trinajstić information content (AvgIpc) is 2.83. The Balaban J connectivity index is 1.96. The van der Waals surface area contributed by atoms with Gasteiger partial charge >= 0.3 is 0 Å². The molecule has 2 unspecified atom stereocenters. The summed E-state index contributed by atoms with van der Waals surface area (Å²) in [5.41, 5.74) is 3.82. The Morgan fingerprint density at radius 3 is 2.48 bits per heavy atom. The van der Waals surface area contributed by atoms with Gasteiger partial charge in [-0.1, -0.05) is 80.9 Å². The van der Waals surface area contributed by atoms with E-state index in [0.29, 0.717) is 6.54 Å². The number of amides is 1. The molecule has 0 aliphatic carbocycles. The smallest absolute Gasteiger partial charge is 0.256 e. The van der Waals surface area contributed by atoms with Crippen LogP contribution in [0, 0.1) is 12.3 Å². The van der Waals surface area contributed by atoms with Gasteiger partial charge in [-0.25, -0.2) is 0 Å². The lowest BCUT2D eigenvalue weighted by Gasteiger charge is -2.31. The minimum Gasteiger partial charge on any atom is -0.355 e. The fourth-order valence-electron chi connectivity index (χ4n) is 4.32. The lowest BCUT2D eigenvalue weighted by molar-refractivity contribution is -0.134. The third-order valence-corrected chi connectivity index (χ3v) is 5.65. The number of aryl methyl sites for hydroxylation is 1. The van der Waals surface area contributed by atoms with E-state index >= 15 is 0 Å². The summed E-state index contributed by atoms with van der Waals surface area (Å²) >= 11 is 0. The van der Waals surface area contributed by atoms with Crippen LogP contribution in [0.4, 0.5) is 5.69 Å². The van der Waals surface area contributed by atoms with Gasteiger partial charge in [-0.05, 0) is 34.7 Å². The van der Waals surface area contributed by atoms with Crippen molar-refractivity contribution in [1.29, 1.82) is 0 Å². The number of fused-ring (bicyclic) bond motifs is 2. The standard InChI is InChI=1S/C27H29NO3/c1-18-12-13-23-22(16-18)25(21-11-7-9-19-8-5-6-10-20(19)21)31-24(14-15-29)26(30)28(23)17-27(2,3)4/h5-13,15-16,24-25H,14,17H2,1-4H3. The maximum atomic E-state index is 13.5. The fourth-order valence-corrected chi connectivity index (χ4v) is 4.32. The molecule has 31 heavy (non-hydrogen) atoms. The first-order chi connectivity index (χ1) is 14.8. The van der Waals surface area contributed by atoms with Crippen LogP contribution in [0.15, 0.2) is 60.7 Å². The first-order valence-corrected chi connectivity index (χ1v) is 10.8. The van der Waals surface area contributed by atoms with Gasteiger partial charge in [0.25, 0.3) is 5.91 Å². The number of ether oxygens (including phenoxy) is 1. The number of hydrogen-bond donors (Lipinski definition) is 0. The van der Waals surface area contributed by atoms with Gasteiger partial charge in [0.2, 0.25) is 0 Å². The second-order valence-electron chi connectivity index (χ2n) is 9.52. The molecule has 0 radical (unpaired) electrons. The monoisotopic (exact) mass is 415 g/mol. The molecule has 3 aromatic carbocycles. The first-order valence-electron chi connectivity index (χ1n) is 10.8. The number of anilines is 1. The molecular weight excluding hydrogens is 386 g/mol. The molecule has 2 atom stereocenters. The van der Waals surface area contributed by atoms with E-state index in [2.05, 4.69) is 51.1 Å². The maximum absolute atomic E-state index is 13.5. The molecule has 1 amide bonds. The fraction of sp³-hybridized carbons (Fsp3) is 0.333. The van der Waals surface area contributed by atoms with Crippen LogP contribution in [0.25, 0.3) is 10.8 Å². The summed E-state index contributed by atoms with van der Waals surface area (Å²) in [5.74, 6) is -0.158. The number of benzene rings is 3. The highest BCUT2D eigenvalue weighted by atomic mass is 16.5. The van der Waals surface area contributed by atoms with E-state index in [1.165, 1.54) is 0 Å². The van der Waals surface area contributed by atoms with Crippen molar-refractivity contribution in [1.82, 2.24) is 0 Å². The summed E-state index contributed by atoms with van der Waals surface area (Å²) in [6.45, 7) is 8.91. The summed E-state index contributed by atoms with van der Waals surface area (Å²) in [6, 6.07) is 20.5. The van der Waals surface area contributed by atoms with Crippen molar-refractivity contribution in [3.63, 3.8) is 0 Å². The molecule has 1 aliphatic rings. The summed E-state index contributed by atoms with van der Waals surface area (Å²) in [5, 5.41) is 2.20. The SMILES string of the molecule is Cc1ccc2c(c1)C(c1cccc3ccccc13)OC(CC=O)C(=O)N2CC(C)(C)C. The van der Waals surface area contributed by atoms with Crippen molar-refractivity contribution in [2.24, 2.45) is 5.41 Å². The Kier molecular flexibility index (Phi) is 5.67. The average molecular weight is 416 g/mol. The number of rotatable bonds is 4. The zero-order valence-electron chi connectivity index (χ0n) is 18.6. The highest BCUT2D eigenvalue weighted by Gasteiger charge is 2.38. The van der Waals surface area contributed by atoms with Gasteiger partial charge in [0.05, 0.1) is 0 Å². The summed E-state index contributed by atoms with van der Waals surface area (Å²) in [4.78, 5) is 26.8. The molecule has 0 saturated heterocycles. The third-order valence-electron chi connectivity index (χ3n) is 5.65. The van der Waals surface area contributed by atoms with Gasteiger partial charge in [-0.3, -0.25) is 4.79 Å². The molecular formula is C27H29NO3. The molecule has 0 fully saturated rings. The Labute approximate surface area is 183 Å². The molecule has 160 valence electrons. The number of nitrogens with zero attached hydrogens (tertiary/aromatic N) is 1. The van der Waals surface area contributed by atoms with Crippen molar-refractivity contribution in [2.45, 2.75) is 46.3 Å². The zero-order chi connectivity index (χ0) is 22.2. The topological polar surface area (TPSA) is 46.6 Å². The molecule has 0 spiro atoms. The van der Waals surface area contributed by atoms with E-state index in [-0.39, 0.29) is 17.7 Å². The quantitative estimate of drug-likeness (QED) is 0.521. The van der Waals surface area contributed by atoms with Crippen molar-refractivity contribution >= 4 is 28.7 Å². The van der Waals surface area contributed by atoms with Gasteiger partial charge in [-0.2, -0.15) is 0 Å². The van der Waals surface area contributed by atoms with Crippen molar-refractivity contribution in [3.8, 4) is 0 Å². The largest absolute Gasteiger partial charge is 0.355 e. The Morgan fingerprint density at radius 2 is 1.74 bits per heavy atom. The van der Waals surface area contributed by atoms with E-state index in [1.54, 1.807) is 0 Å². The summed E-state index contributed by atoms with van der Waals surface area (Å²) in [7, 11) is 0. The van der Waals surface area contributed by atoms with E-state index in [0.717, 1.165) is 39.4 Å². The van der Waals surface area contributed by atoms with Crippen molar-refractivity contribution < 1.29 is 14.3 Å². The number of aldehydes is 1. The molecule has 4 nitrogen and oxygen atoms in total. The second-order valence-corrected chi connectivity index (χ2v) is 9.52. The number of carbonyl (C=O) groups excluding carboxylic acids is 2. The van der Waals surface area contributed by atoms with Crippen molar-refractivity contribution in [3.05, 3.63) is 77.4 Å². The Bertz CT molecular complexity index is 1120. The van der Waals surface area contributed by atoms with Crippen LogP contribution in [0.1, 0.15) is 50.0 Å². The van der Waals surface area contributed by atoms with Crippen LogP contribution in [0.5, 0.6) is 0 Å². The summed E-state index contributed by atoms with van der Waals surface area (Å²) < 4.78 is 6.46. The van der Waals surface area contributed by atoms with Gasteiger partial charge in [0, 0.05) is 24.2 Å². The van der Waals surface area contributed by atoms with Crippen LogP contribution in [-0.2, 0) is 14.3 Å². The molecule has 0 bridgehead atoms. The lowest BCUT2D eigenvalue weighted by Crippen LogP contribution is -2.43. The van der Waals surface area contributed by atoms with Crippen molar-refractivity contribution in [2.75, 3.05) is 11.4 Å². The Morgan fingerprint density at radius 1 is 1.00 bits per heavy atom. The van der Waals surface area contributed by atoms with Gasteiger partial charge in [0.15, 0.2) is 0 Å². The molecule has 3 aromatic rings. The van der Waals surface area contributed by atoms with E-state index < -0.39 is 12.2 Å². The maximum Gasteiger partial charge on any atom is 0.256 e. The normalized spacial score (nSPS) is 19.2. The summed E-state index contributed by atoms with van der Waals surface area (Å²) in [6.07, 6.45) is -0.455. The van der Waals surface area contributed by atoms with E-state index in [9.17, 15) is 9.59 Å². The highest BCUT2D eigenvalue weighted by molar-refractivity contribution is 5.99. The second kappa shape index (κ2) is 8.27. The minimum atomic E-state index is -0.823. The first kappa shape index (κ1) is 21.3. The van der Waals surface area contributed by atoms with E-state index in [4.69, 9.17) is 4.74 Å². The molecule has 1 heterocycles. The molecule has 0 N–H and O–H groups in total. The molecule has 0 aromatic heterocycles. The van der Waals surface area contributed by atoms with Crippen LogP contribution in [0.2, 0.25) is 0 Å². The van der Waals surface area contributed by atoms with Gasteiger partial charge in [-0.15, -0.1) is 0 Å². The highest BCUT2D eigenvalue weighted by Crippen LogP contribution is 2.42. The van der Waals surface area contributed by atoms with Crippen LogP contribution in [0.3, 0.4) is 0 Å². The van der Waals surface area contributed by atoms with E-state index in [1.807, 2.05) is 42.2 Å². The lowest BCUT2D eigenvalue weighted by atomic mass is 9.92.